The SMILES string of the molecule is CCOc1ccc(C=CC(=O)N2CCCC2c2nc3ccccc3[nH]2)cc1OC. The van der Waals surface area contributed by atoms with Crippen molar-refractivity contribution >= 4 is 23.0 Å². The largest absolute Gasteiger partial charge is 0.493 e. The number of hydrogen-bond acceptors (Lipinski definition) is 4. The number of amides is 1. The van der Waals surface area contributed by atoms with E-state index >= 15 is 0 Å². The van der Waals surface area contributed by atoms with Gasteiger partial charge in [-0.15, -0.1) is 0 Å². The molecule has 2 aromatic carbocycles. The summed E-state index contributed by atoms with van der Waals surface area (Å²) in [5, 5.41) is 0. The van der Waals surface area contributed by atoms with E-state index in [1.807, 2.05) is 60.4 Å². The van der Waals surface area contributed by atoms with Gasteiger partial charge in [-0.3, -0.25) is 4.79 Å². The highest BCUT2D eigenvalue weighted by molar-refractivity contribution is 5.92. The lowest BCUT2D eigenvalue weighted by Crippen LogP contribution is -2.29. The van der Waals surface area contributed by atoms with Crippen LogP contribution < -0.4 is 9.47 Å². The Kier molecular flexibility index (Phi) is 5.51. The second kappa shape index (κ2) is 8.39. The minimum atomic E-state index is -0.0191. The van der Waals surface area contributed by atoms with Crippen LogP contribution in [-0.2, 0) is 4.79 Å². The molecule has 1 N–H and O–H groups in total. The number of hydrogen-bond donors (Lipinski definition) is 1. The molecule has 1 atom stereocenters. The summed E-state index contributed by atoms with van der Waals surface area (Å²) in [4.78, 5) is 22.8. The van der Waals surface area contributed by atoms with E-state index in [1.54, 1.807) is 13.2 Å². The van der Waals surface area contributed by atoms with Gasteiger partial charge < -0.3 is 19.4 Å². The Labute approximate surface area is 170 Å². The van der Waals surface area contributed by atoms with Crippen LogP contribution in [0.3, 0.4) is 0 Å². The molecule has 1 saturated heterocycles. The minimum Gasteiger partial charge on any atom is -0.493 e. The lowest BCUT2D eigenvalue weighted by Gasteiger charge is -2.21. The Morgan fingerprint density at radius 2 is 2.14 bits per heavy atom. The fourth-order valence-corrected chi connectivity index (χ4v) is 3.77. The maximum Gasteiger partial charge on any atom is 0.247 e. The van der Waals surface area contributed by atoms with Crippen molar-refractivity contribution < 1.29 is 14.3 Å². The molecular formula is C23H25N3O3. The molecule has 0 bridgehead atoms. The normalized spacial score (nSPS) is 16.6. The summed E-state index contributed by atoms with van der Waals surface area (Å²) in [5.74, 6) is 2.19. The van der Waals surface area contributed by atoms with E-state index in [2.05, 4.69) is 4.98 Å². The Morgan fingerprint density at radius 1 is 1.28 bits per heavy atom. The number of aromatic amines is 1. The van der Waals surface area contributed by atoms with Gasteiger partial charge in [0.25, 0.3) is 0 Å². The van der Waals surface area contributed by atoms with E-state index in [0.717, 1.165) is 41.8 Å². The molecule has 6 nitrogen and oxygen atoms in total. The summed E-state index contributed by atoms with van der Waals surface area (Å²) in [6, 6.07) is 13.6. The number of nitrogens with zero attached hydrogens (tertiary/aromatic N) is 2. The summed E-state index contributed by atoms with van der Waals surface area (Å²) in [7, 11) is 1.61. The first-order chi connectivity index (χ1) is 14.2. The van der Waals surface area contributed by atoms with Gasteiger partial charge in [0.05, 0.1) is 30.8 Å². The van der Waals surface area contributed by atoms with Crippen LogP contribution in [0.25, 0.3) is 17.1 Å². The predicted octanol–water partition coefficient (Wildman–Crippen LogP) is 4.35. The molecule has 29 heavy (non-hydrogen) atoms. The monoisotopic (exact) mass is 391 g/mol. The van der Waals surface area contributed by atoms with Crippen molar-refractivity contribution in [1.82, 2.24) is 14.9 Å². The first-order valence-corrected chi connectivity index (χ1v) is 9.93. The third-order valence-electron chi connectivity index (χ3n) is 5.17. The maximum absolute atomic E-state index is 12.9. The summed E-state index contributed by atoms with van der Waals surface area (Å²) in [6.45, 7) is 3.24. The van der Waals surface area contributed by atoms with Crippen LogP contribution in [-0.4, -0.2) is 41.0 Å². The van der Waals surface area contributed by atoms with Crippen LogP contribution in [0.4, 0.5) is 0 Å². The molecule has 0 aliphatic carbocycles. The third kappa shape index (κ3) is 3.97. The predicted molar refractivity (Wildman–Crippen MR) is 113 cm³/mol. The number of H-pyrrole nitrogens is 1. The number of aromatic nitrogens is 2. The average Bonchev–Trinajstić information content (AvgIpc) is 3.39. The van der Waals surface area contributed by atoms with Crippen LogP contribution in [0.15, 0.2) is 48.5 Å². The summed E-state index contributed by atoms with van der Waals surface area (Å²) in [5.41, 5.74) is 2.82. The Bertz CT molecular complexity index is 1010. The van der Waals surface area contributed by atoms with Gasteiger partial charge in [0.15, 0.2) is 11.5 Å². The maximum atomic E-state index is 12.9. The van der Waals surface area contributed by atoms with Gasteiger partial charge in [0.2, 0.25) is 5.91 Å². The van der Waals surface area contributed by atoms with Crippen molar-refractivity contribution in [2.75, 3.05) is 20.3 Å². The highest BCUT2D eigenvalue weighted by atomic mass is 16.5. The fraction of sp³-hybridized carbons (Fsp3) is 0.304. The number of likely N-dealkylation sites (tertiary alicyclic amines) is 1. The number of fused-ring (bicyclic) bond motifs is 1. The Hall–Kier alpha value is -3.28. The number of para-hydroxylation sites is 2. The van der Waals surface area contributed by atoms with Crippen molar-refractivity contribution in [3.63, 3.8) is 0 Å². The van der Waals surface area contributed by atoms with Gasteiger partial charge in [-0.2, -0.15) is 0 Å². The molecule has 6 heteroatoms. The molecule has 150 valence electrons. The Morgan fingerprint density at radius 3 is 2.93 bits per heavy atom. The highest BCUT2D eigenvalue weighted by Crippen LogP contribution is 2.32. The standard InChI is InChI=1S/C23H25N3O3/c1-3-29-20-12-10-16(15-21(20)28-2)11-13-22(27)26-14-6-9-19(26)23-24-17-7-4-5-8-18(17)25-23/h4-5,7-8,10-13,15,19H,3,6,9,14H2,1-2H3,(H,24,25). The van der Waals surface area contributed by atoms with Crippen LogP contribution in [0, 0.1) is 0 Å². The van der Waals surface area contributed by atoms with Crippen molar-refractivity contribution in [2.45, 2.75) is 25.8 Å². The lowest BCUT2D eigenvalue weighted by molar-refractivity contribution is -0.126. The fourth-order valence-electron chi connectivity index (χ4n) is 3.77. The van der Waals surface area contributed by atoms with Crippen molar-refractivity contribution in [3.05, 3.63) is 59.9 Å². The smallest absolute Gasteiger partial charge is 0.247 e. The summed E-state index contributed by atoms with van der Waals surface area (Å²) in [6.07, 6.45) is 5.32. The molecule has 0 radical (unpaired) electrons. The Balaban J connectivity index is 1.51. The number of methoxy groups -OCH3 is 1. The summed E-state index contributed by atoms with van der Waals surface area (Å²) < 4.78 is 10.9. The highest BCUT2D eigenvalue weighted by Gasteiger charge is 2.31. The van der Waals surface area contributed by atoms with Crippen LogP contribution >= 0.6 is 0 Å². The molecule has 2 heterocycles. The van der Waals surface area contributed by atoms with Crippen molar-refractivity contribution in [1.29, 1.82) is 0 Å². The molecule has 1 fully saturated rings. The molecule has 3 aromatic rings. The van der Waals surface area contributed by atoms with Gasteiger partial charge in [-0.05, 0) is 55.7 Å². The topological polar surface area (TPSA) is 67.5 Å². The number of ether oxygens (including phenoxy) is 2. The lowest BCUT2D eigenvalue weighted by atomic mass is 10.1. The summed E-state index contributed by atoms with van der Waals surface area (Å²) >= 11 is 0. The van der Waals surface area contributed by atoms with Crippen LogP contribution in [0.1, 0.15) is 37.2 Å². The molecule has 0 spiro atoms. The first-order valence-electron chi connectivity index (χ1n) is 9.93. The zero-order valence-corrected chi connectivity index (χ0v) is 16.7. The van der Waals surface area contributed by atoms with Gasteiger partial charge in [0, 0.05) is 12.6 Å². The van der Waals surface area contributed by atoms with Gasteiger partial charge >= 0.3 is 0 Å². The van der Waals surface area contributed by atoms with Crippen molar-refractivity contribution in [2.24, 2.45) is 0 Å². The third-order valence-corrected chi connectivity index (χ3v) is 5.17. The minimum absolute atomic E-state index is 0.0131. The zero-order chi connectivity index (χ0) is 20.2. The van der Waals surface area contributed by atoms with Gasteiger partial charge in [-0.1, -0.05) is 18.2 Å². The number of carbonyl (C=O) groups excluding carboxylic acids is 1. The van der Waals surface area contributed by atoms with E-state index in [9.17, 15) is 4.79 Å². The number of rotatable bonds is 6. The molecule has 1 aliphatic heterocycles. The van der Waals surface area contributed by atoms with Crippen LogP contribution in [0.2, 0.25) is 0 Å². The van der Waals surface area contributed by atoms with Gasteiger partial charge in [0.1, 0.15) is 5.82 Å². The molecule has 1 unspecified atom stereocenters. The number of imidazole rings is 1. The molecule has 1 aliphatic rings. The second-order valence-electron chi connectivity index (χ2n) is 7.01. The van der Waals surface area contributed by atoms with Gasteiger partial charge in [-0.25, -0.2) is 4.98 Å². The molecule has 4 rings (SSSR count). The molecule has 1 aromatic heterocycles. The van der Waals surface area contributed by atoms with E-state index in [0.29, 0.717) is 18.1 Å². The average molecular weight is 391 g/mol. The number of nitrogens with one attached hydrogen (secondary N) is 1. The van der Waals surface area contributed by atoms with E-state index in [-0.39, 0.29) is 11.9 Å². The number of benzene rings is 2. The van der Waals surface area contributed by atoms with Crippen molar-refractivity contribution in [3.8, 4) is 11.5 Å². The molecule has 1 amide bonds. The zero-order valence-electron chi connectivity index (χ0n) is 16.7. The number of carbonyl (C=O) groups is 1. The van der Waals surface area contributed by atoms with E-state index in [1.165, 1.54) is 0 Å². The van der Waals surface area contributed by atoms with E-state index < -0.39 is 0 Å². The molecule has 0 saturated carbocycles. The first kappa shape index (κ1) is 19.1. The second-order valence-corrected chi connectivity index (χ2v) is 7.01. The molecular weight excluding hydrogens is 366 g/mol. The quantitative estimate of drug-likeness (QED) is 0.635. The van der Waals surface area contributed by atoms with Crippen LogP contribution in [0.5, 0.6) is 11.5 Å². The van der Waals surface area contributed by atoms with E-state index in [4.69, 9.17) is 14.5 Å².